The summed E-state index contributed by atoms with van der Waals surface area (Å²) < 4.78 is 7.20. The van der Waals surface area contributed by atoms with Crippen molar-refractivity contribution in [2.24, 2.45) is 7.05 Å². The highest BCUT2D eigenvalue weighted by molar-refractivity contribution is 5.69. The van der Waals surface area contributed by atoms with E-state index in [1.807, 2.05) is 27.8 Å². The second kappa shape index (κ2) is 5.46. The normalized spacial score (nSPS) is 19.8. The van der Waals surface area contributed by atoms with E-state index < -0.39 is 5.60 Å². The van der Waals surface area contributed by atoms with Gasteiger partial charge in [-0.15, -0.1) is 0 Å². The van der Waals surface area contributed by atoms with Crippen LogP contribution in [-0.2, 0) is 11.8 Å². The van der Waals surface area contributed by atoms with Crippen molar-refractivity contribution in [1.82, 2.24) is 14.7 Å². The van der Waals surface area contributed by atoms with Gasteiger partial charge in [-0.3, -0.25) is 4.68 Å². The third-order valence-electron chi connectivity index (χ3n) is 3.49. The number of hydrogen-bond acceptors (Lipinski definition) is 5. The van der Waals surface area contributed by atoms with Crippen LogP contribution >= 0.6 is 0 Å². The summed E-state index contributed by atoms with van der Waals surface area (Å²) in [6, 6.07) is 0.156. The minimum Gasteiger partial charge on any atom is -0.444 e. The van der Waals surface area contributed by atoms with Gasteiger partial charge in [0.15, 0.2) is 0 Å². The van der Waals surface area contributed by atoms with Crippen LogP contribution in [0.5, 0.6) is 0 Å². The van der Waals surface area contributed by atoms with Gasteiger partial charge in [0, 0.05) is 32.7 Å². The van der Waals surface area contributed by atoms with E-state index in [0.29, 0.717) is 25.3 Å². The summed E-state index contributed by atoms with van der Waals surface area (Å²) in [4.78, 5) is 16.1. The second-order valence-electron chi connectivity index (χ2n) is 6.52. The highest BCUT2D eigenvalue weighted by Gasteiger charge is 2.31. The van der Waals surface area contributed by atoms with Gasteiger partial charge < -0.3 is 20.3 Å². The Bertz CT molecular complexity index is 500. The van der Waals surface area contributed by atoms with Crippen LogP contribution < -0.4 is 10.6 Å². The summed E-state index contributed by atoms with van der Waals surface area (Å²) in [5.74, 6) is 0.909. The lowest BCUT2D eigenvalue weighted by Crippen LogP contribution is -2.55. The first-order chi connectivity index (χ1) is 9.69. The molecule has 1 fully saturated rings. The molecule has 1 amide bonds. The van der Waals surface area contributed by atoms with E-state index in [1.54, 1.807) is 15.8 Å². The minimum atomic E-state index is -0.468. The minimum absolute atomic E-state index is 0.156. The van der Waals surface area contributed by atoms with Crippen molar-refractivity contribution >= 4 is 17.6 Å². The van der Waals surface area contributed by atoms with Gasteiger partial charge in [0.1, 0.15) is 11.4 Å². The van der Waals surface area contributed by atoms with Crippen molar-refractivity contribution in [3.05, 3.63) is 6.20 Å². The fourth-order valence-corrected chi connectivity index (χ4v) is 2.56. The lowest BCUT2D eigenvalue weighted by Gasteiger charge is -2.41. The number of ether oxygens (including phenoxy) is 1. The lowest BCUT2D eigenvalue weighted by molar-refractivity contribution is 0.0218. The molecule has 0 bridgehead atoms. The number of nitrogens with zero attached hydrogens (tertiary/aromatic N) is 4. The number of piperazine rings is 1. The summed E-state index contributed by atoms with van der Waals surface area (Å²) >= 11 is 0. The number of anilines is 2. The molecule has 7 heteroatoms. The maximum Gasteiger partial charge on any atom is 0.410 e. The molecule has 0 radical (unpaired) electrons. The van der Waals surface area contributed by atoms with Crippen LogP contribution in [0, 0.1) is 0 Å². The van der Waals surface area contributed by atoms with Crippen molar-refractivity contribution in [3.8, 4) is 0 Å². The Kier molecular flexibility index (Phi) is 4.02. The standard InChI is InChI=1S/C14H25N5O2/c1-10-9-18(13(20)21-14(2,3)4)6-7-19(10)12-11(15)8-16-17(12)5/h8,10H,6-7,9,15H2,1-5H3/t10-/m0/s1. The number of nitrogens with two attached hydrogens (primary N) is 1. The number of aromatic nitrogens is 2. The first-order valence-electron chi connectivity index (χ1n) is 7.21. The third kappa shape index (κ3) is 3.40. The summed E-state index contributed by atoms with van der Waals surface area (Å²) in [5.41, 5.74) is 6.18. The molecule has 2 rings (SSSR count). The Morgan fingerprint density at radius 1 is 1.43 bits per heavy atom. The van der Waals surface area contributed by atoms with Crippen LogP contribution in [0.2, 0.25) is 0 Å². The first kappa shape index (κ1) is 15.5. The zero-order chi connectivity index (χ0) is 15.8. The molecule has 1 aliphatic rings. The topological polar surface area (TPSA) is 76.6 Å². The average molecular weight is 295 g/mol. The fraction of sp³-hybridized carbons (Fsp3) is 0.714. The number of rotatable bonds is 1. The average Bonchev–Trinajstić information content (AvgIpc) is 2.67. The van der Waals surface area contributed by atoms with Gasteiger partial charge in [-0.25, -0.2) is 4.79 Å². The zero-order valence-electron chi connectivity index (χ0n) is 13.5. The van der Waals surface area contributed by atoms with Crippen LogP contribution in [0.15, 0.2) is 6.20 Å². The fourth-order valence-electron chi connectivity index (χ4n) is 2.56. The molecule has 0 aromatic carbocycles. The molecule has 1 aromatic rings. The predicted octanol–water partition coefficient (Wildman–Crippen LogP) is 1.45. The third-order valence-corrected chi connectivity index (χ3v) is 3.49. The number of hydrogen-bond donors (Lipinski definition) is 1. The van der Waals surface area contributed by atoms with Crippen LogP contribution in [0.4, 0.5) is 16.3 Å². The molecule has 1 aliphatic heterocycles. The van der Waals surface area contributed by atoms with Gasteiger partial charge >= 0.3 is 6.09 Å². The van der Waals surface area contributed by atoms with Crippen molar-refractivity contribution in [2.45, 2.75) is 39.3 Å². The smallest absolute Gasteiger partial charge is 0.410 e. The molecule has 2 N–H and O–H groups in total. The number of carbonyl (C=O) groups excluding carboxylic acids is 1. The lowest BCUT2D eigenvalue weighted by atomic mass is 10.2. The first-order valence-corrected chi connectivity index (χ1v) is 7.21. The molecule has 0 aliphatic carbocycles. The molecule has 7 nitrogen and oxygen atoms in total. The summed E-state index contributed by atoms with van der Waals surface area (Å²) in [5, 5.41) is 4.17. The molecule has 1 atom stereocenters. The van der Waals surface area contributed by atoms with E-state index >= 15 is 0 Å². The quantitative estimate of drug-likeness (QED) is 0.848. The molecule has 1 saturated heterocycles. The SMILES string of the molecule is C[C@H]1CN(C(=O)OC(C)(C)C)CCN1c1c(N)cnn1C. The van der Waals surface area contributed by atoms with E-state index in [2.05, 4.69) is 16.9 Å². The highest BCUT2D eigenvalue weighted by atomic mass is 16.6. The molecule has 0 unspecified atom stereocenters. The maximum atomic E-state index is 12.1. The Labute approximate surface area is 125 Å². The Balaban J connectivity index is 2.04. The Morgan fingerprint density at radius 3 is 2.57 bits per heavy atom. The van der Waals surface area contributed by atoms with E-state index in [9.17, 15) is 4.79 Å². The molecule has 1 aromatic heterocycles. The summed E-state index contributed by atoms with van der Waals surface area (Å²) in [6.45, 7) is 9.64. The van der Waals surface area contributed by atoms with Crippen LogP contribution in [0.1, 0.15) is 27.7 Å². The molecular weight excluding hydrogens is 270 g/mol. The van der Waals surface area contributed by atoms with Crippen LogP contribution in [0.25, 0.3) is 0 Å². The highest BCUT2D eigenvalue weighted by Crippen LogP contribution is 2.26. The van der Waals surface area contributed by atoms with Gasteiger partial charge in [-0.2, -0.15) is 5.10 Å². The maximum absolute atomic E-state index is 12.1. The summed E-state index contributed by atoms with van der Waals surface area (Å²) in [7, 11) is 1.87. The summed E-state index contributed by atoms with van der Waals surface area (Å²) in [6.07, 6.45) is 1.40. The van der Waals surface area contributed by atoms with Gasteiger partial charge in [-0.05, 0) is 27.7 Å². The number of nitrogen functional groups attached to an aromatic ring is 1. The molecule has 2 heterocycles. The molecule has 0 spiro atoms. The van der Waals surface area contributed by atoms with E-state index in [1.165, 1.54) is 0 Å². The number of aryl methyl sites for hydroxylation is 1. The Hall–Kier alpha value is -1.92. The van der Waals surface area contributed by atoms with Gasteiger partial charge in [-0.1, -0.05) is 0 Å². The Morgan fingerprint density at radius 2 is 2.10 bits per heavy atom. The van der Waals surface area contributed by atoms with Crippen molar-refractivity contribution in [2.75, 3.05) is 30.3 Å². The molecular formula is C14H25N5O2. The number of carbonyl (C=O) groups is 1. The molecule has 21 heavy (non-hydrogen) atoms. The van der Waals surface area contributed by atoms with Crippen molar-refractivity contribution in [1.29, 1.82) is 0 Å². The van der Waals surface area contributed by atoms with Crippen LogP contribution in [-0.4, -0.2) is 52.1 Å². The van der Waals surface area contributed by atoms with Crippen molar-refractivity contribution < 1.29 is 9.53 Å². The van der Waals surface area contributed by atoms with Gasteiger partial charge in [0.25, 0.3) is 0 Å². The monoisotopic (exact) mass is 295 g/mol. The largest absolute Gasteiger partial charge is 0.444 e. The van der Waals surface area contributed by atoms with Crippen LogP contribution in [0.3, 0.4) is 0 Å². The van der Waals surface area contributed by atoms with E-state index in [-0.39, 0.29) is 12.1 Å². The molecule has 118 valence electrons. The predicted molar refractivity (Wildman–Crippen MR) is 82.2 cm³/mol. The van der Waals surface area contributed by atoms with E-state index in [4.69, 9.17) is 10.5 Å². The van der Waals surface area contributed by atoms with Crippen molar-refractivity contribution in [3.63, 3.8) is 0 Å². The van der Waals surface area contributed by atoms with E-state index in [0.717, 1.165) is 5.82 Å². The molecule has 0 saturated carbocycles. The number of amides is 1. The van der Waals surface area contributed by atoms with Gasteiger partial charge in [0.05, 0.1) is 11.9 Å². The zero-order valence-corrected chi connectivity index (χ0v) is 13.5. The second-order valence-corrected chi connectivity index (χ2v) is 6.52. The van der Waals surface area contributed by atoms with Gasteiger partial charge in [0.2, 0.25) is 0 Å².